The third-order valence-electron chi connectivity index (χ3n) is 5.18. The number of nitrogens with one attached hydrogen (secondary N) is 3. The average molecular weight is 431 g/mol. The van der Waals surface area contributed by atoms with E-state index < -0.39 is 0 Å². The summed E-state index contributed by atoms with van der Waals surface area (Å²) in [6, 6.07) is 17.0. The lowest BCUT2D eigenvalue weighted by atomic mass is 10.1. The van der Waals surface area contributed by atoms with E-state index in [1.807, 2.05) is 55.5 Å². The van der Waals surface area contributed by atoms with E-state index in [4.69, 9.17) is 4.42 Å². The highest BCUT2D eigenvalue weighted by Gasteiger charge is 2.13. The van der Waals surface area contributed by atoms with E-state index in [-0.39, 0.29) is 17.9 Å². The van der Waals surface area contributed by atoms with Gasteiger partial charge in [0.15, 0.2) is 0 Å². The molecule has 2 heterocycles. The van der Waals surface area contributed by atoms with Crippen LogP contribution in [0.1, 0.15) is 41.4 Å². The Kier molecular flexibility index (Phi) is 6.35. The molecule has 0 aliphatic heterocycles. The second-order valence-electron chi connectivity index (χ2n) is 7.95. The third-order valence-corrected chi connectivity index (χ3v) is 5.18. The molecule has 7 nitrogen and oxygen atoms in total. The fraction of sp³-hybridized carbons (Fsp3) is 0.240. The summed E-state index contributed by atoms with van der Waals surface area (Å²) in [5.41, 5.74) is 4.21. The summed E-state index contributed by atoms with van der Waals surface area (Å²) in [6.07, 6.45) is 3.84. The molecule has 0 saturated carbocycles. The average Bonchev–Trinajstić information content (AvgIpc) is 3.41. The van der Waals surface area contributed by atoms with Crippen LogP contribution in [0, 0.1) is 0 Å². The Balaban J connectivity index is 1.37. The molecule has 0 fully saturated rings. The van der Waals surface area contributed by atoms with E-state index in [9.17, 15) is 9.59 Å². The van der Waals surface area contributed by atoms with E-state index in [0.717, 1.165) is 46.7 Å². The molecule has 1 unspecified atom stereocenters. The van der Waals surface area contributed by atoms with Gasteiger partial charge in [-0.25, -0.2) is 4.98 Å². The van der Waals surface area contributed by atoms with Crippen LogP contribution < -0.4 is 10.6 Å². The zero-order valence-corrected chi connectivity index (χ0v) is 18.1. The standard InChI is InChI=1S/C25H26N4O3/c1-16(14-21-4-3-13-32-21)26-25(31)19-8-11-22-23(15-19)29-24(28-22)12-7-18-5-9-20(10-6-18)27-17(2)30/h3-6,8-11,13,15-16H,7,12,14H2,1-2H3,(H,26,31)(H,27,30)(H,28,29). The number of aryl methyl sites for hydroxylation is 2. The largest absolute Gasteiger partial charge is 0.469 e. The van der Waals surface area contributed by atoms with Crippen molar-refractivity contribution in [3.63, 3.8) is 0 Å². The minimum Gasteiger partial charge on any atom is -0.469 e. The van der Waals surface area contributed by atoms with E-state index >= 15 is 0 Å². The van der Waals surface area contributed by atoms with Crippen LogP contribution in [0.15, 0.2) is 65.3 Å². The number of hydrogen-bond acceptors (Lipinski definition) is 4. The SMILES string of the molecule is CC(=O)Nc1ccc(CCc2nc3ccc(C(=O)NC(C)Cc4ccco4)cc3[nH]2)cc1. The first-order valence-electron chi connectivity index (χ1n) is 10.6. The number of amides is 2. The first-order chi connectivity index (χ1) is 15.5. The summed E-state index contributed by atoms with van der Waals surface area (Å²) in [7, 11) is 0. The maximum atomic E-state index is 12.6. The van der Waals surface area contributed by atoms with Crippen molar-refractivity contribution in [1.29, 1.82) is 0 Å². The van der Waals surface area contributed by atoms with E-state index in [0.29, 0.717) is 12.0 Å². The minimum absolute atomic E-state index is 0.0429. The number of benzene rings is 2. The van der Waals surface area contributed by atoms with Crippen molar-refractivity contribution >= 4 is 28.5 Å². The number of rotatable bonds is 8. The normalized spacial score (nSPS) is 11.9. The highest BCUT2D eigenvalue weighted by Crippen LogP contribution is 2.17. The number of furan rings is 1. The van der Waals surface area contributed by atoms with Crippen molar-refractivity contribution in [2.24, 2.45) is 0 Å². The van der Waals surface area contributed by atoms with Crippen LogP contribution in [0.4, 0.5) is 5.69 Å². The van der Waals surface area contributed by atoms with E-state index in [1.54, 1.807) is 12.3 Å². The highest BCUT2D eigenvalue weighted by atomic mass is 16.3. The Labute approximate surface area is 186 Å². The summed E-state index contributed by atoms with van der Waals surface area (Å²) in [4.78, 5) is 31.7. The molecule has 2 amide bonds. The molecule has 0 saturated heterocycles. The topological polar surface area (TPSA) is 100 Å². The van der Waals surface area contributed by atoms with Gasteiger partial charge in [-0.15, -0.1) is 0 Å². The van der Waals surface area contributed by atoms with Crippen molar-refractivity contribution in [1.82, 2.24) is 15.3 Å². The highest BCUT2D eigenvalue weighted by molar-refractivity contribution is 5.97. The number of anilines is 1. The predicted octanol–water partition coefficient (Wildman–Crippen LogP) is 4.26. The van der Waals surface area contributed by atoms with E-state index in [1.165, 1.54) is 6.92 Å². The molecule has 0 aliphatic rings. The Bertz CT molecular complexity index is 1210. The lowest BCUT2D eigenvalue weighted by molar-refractivity contribution is -0.114. The summed E-state index contributed by atoms with van der Waals surface area (Å²) in [5.74, 6) is 1.51. The van der Waals surface area contributed by atoms with Crippen molar-refractivity contribution in [2.75, 3.05) is 5.32 Å². The number of aromatic amines is 1. The van der Waals surface area contributed by atoms with Crippen LogP contribution in [-0.4, -0.2) is 27.8 Å². The number of aromatic nitrogens is 2. The summed E-state index contributed by atoms with van der Waals surface area (Å²) in [5, 5.41) is 5.77. The number of carbonyl (C=O) groups excluding carboxylic acids is 2. The van der Waals surface area contributed by atoms with Crippen LogP contribution in [-0.2, 0) is 24.1 Å². The zero-order chi connectivity index (χ0) is 22.5. The third kappa shape index (κ3) is 5.43. The molecule has 164 valence electrons. The maximum absolute atomic E-state index is 12.6. The Morgan fingerprint density at radius 3 is 2.62 bits per heavy atom. The molecule has 0 radical (unpaired) electrons. The Hall–Kier alpha value is -3.87. The van der Waals surface area contributed by atoms with Crippen molar-refractivity contribution in [2.45, 2.75) is 39.2 Å². The van der Waals surface area contributed by atoms with Gasteiger partial charge < -0.3 is 20.0 Å². The molecule has 4 aromatic rings. The molecular weight excluding hydrogens is 404 g/mol. The minimum atomic E-state index is -0.124. The van der Waals surface area contributed by atoms with Crippen molar-refractivity contribution in [3.8, 4) is 0 Å². The number of imidazole rings is 1. The molecule has 4 rings (SSSR count). The van der Waals surface area contributed by atoms with Crippen molar-refractivity contribution in [3.05, 3.63) is 83.6 Å². The summed E-state index contributed by atoms with van der Waals surface area (Å²) >= 11 is 0. The van der Waals surface area contributed by atoms with Gasteiger partial charge in [0.05, 0.1) is 17.3 Å². The Morgan fingerprint density at radius 1 is 1.09 bits per heavy atom. The zero-order valence-electron chi connectivity index (χ0n) is 18.1. The first-order valence-corrected chi connectivity index (χ1v) is 10.6. The monoisotopic (exact) mass is 430 g/mol. The molecule has 2 aromatic heterocycles. The van der Waals surface area contributed by atoms with Gasteiger partial charge in [0.1, 0.15) is 11.6 Å². The smallest absolute Gasteiger partial charge is 0.251 e. The number of fused-ring (bicyclic) bond motifs is 1. The summed E-state index contributed by atoms with van der Waals surface area (Å²) < 4.78 is 5.35. The van der Waals surface area contributed by atoms with Crippen molar-refractivity contribution < 1.29 is 14.0 Å². The van der Waals surface area contributed by atoms with Gasteiger partial charge in [-0.05, 0) is 61.4 Å². The predicted molar refractivity (Wildman–Crippen MR) is 124 cm³/mol. The molecule has 0 spiro atoms. The quantitative estimate of drug-likeness (QED) is 0.389. The van der Waals surface area contributed by atoms with Gasteiger partial charge in [0.2, 0.25) is 5.91 Å². The van der Waals surface area contributed by atoms with Crippen LogP contribution >= 0.6 is 0 Å². The molecule has 32 heavy (non-hydrogen) atoms. The Morgan fingerprint density at radius 2 is 1.91 bits per heavy atom. The van der Waals surface area contributed by atoms with Crippen LogP contribution in [0.5, 0.6) is 0 Å². The molecule has 2 aromatic carbocycles. The molecule has 3 N–H and O–H groups in total. The van der Waals surface area contributed by atoms with E-state index in [2.05, 4.69) is 20.6 Å². The number of carbonyl (C=O) groups is 2. The number of nitrogens with zero attached hydrogens (tertiary/aromatic N) is 1. The molecule has 0 bridgehead atoms. The summed E-state index contributed by atoms with van der Waals surface area (Å²) in [6.45, 7) is 3.45. The van der Waals surface area contributed by atoms with Gasteiger partial charge in [-0.1, -0.05) is 12.1 Å². The molecule has 7 heteroatoms. The van der Waals surface area contributed by atoms with Gasteiger partial charge in [-0.2, -0.15) is 0 Å². The second kappa shape index (κ2) is 9.51. The molecular formula is C25H26N4O3. The fourth-order valence-corrected chi connectivity index (χ4v) is 3.63. The number of H-pyrrole nitrogens is 1. The van der Waals surface area contributed by atoms with Crippen LogP contribution in [0.2, 0.25) is 0 Å². The van der Waals surface area contributed by atoms with Gasteiger partial charge in [0.25, 0.3) is 5.91 Å². The van der Waals surface area contributed by atoms with Gasteiger partial charge in [0, 0.05) is 37.1 Å². The maximum Gasteiger partial charge on any atom is 0.251 e. The van der Waals surface area contributed by atoms with Gasteiger partial charge >= 0.3 is 0 Å². The lowest BCUT2D eigenvalue weighted by Crippen LogP contribution is -2.33. The first kappa shape index (κ1) is 21.4. The van der Waals surface area contributed by atoms with Crippen LogP contribution in [0.3, 0.4) is 0 Å². The second-order valence-corrected chi connectivity index (χ2v) is 7.95. The van der Waals surface area contributed by atoms with Crippen LogP contribution in [0.25, 0.3) is 11.0 Å². The molecule has 1 atom stereocenters. The number of hydrogen-bond donors (Lipinski definition) is 3. The lowest BCUT2D eigenvalue weighted by Gasteiger charge is -2.12. The van der Waals surface area contributed by atoms with Gasteiger partial charge in [-0.3, -0.25) is 9.59 Å². The fourth-order valence-electron chi connectivity index (χ4n) is 3.63. The molecule has 0 aliphatic carbocycles.